The second-order valence-corrected chi connectivity index (χ2v) is 4.74. The minimum atomic E-state index is -0.389. The van der Waals surface area contributed by atoms with Crippen molar-refractivity contribution >= 4 is 5.69 Å². The molecular formula is C12H19N3O2. The first-order valence-electron chi connectivity index (χ1n) is 5.72. The monoisotopic (exact) mass is 237 g/mol. The number of hydrogen-bond acceptors (Lipinski definition) is 4. The first-order chi connectivity index (χ1) is 7.84. The van der Waals surface area contributed by atoms with E-state index in [1.807, 2.05) is 27.7 Å². The number of pyridine rings is 1. The molecule has 1 rings (SSSR count). The normalized spacial score (nSPS) is 14.7. The standard InChI is InChI=1S/C12H19N3O2/c1-7(2)11(9(4)13)12-10(15(16)17)6-5-8(3)14-12/h5-7,9,11H,13H2,1-4H3. The van der Waals surface area contributed by atoms with Crippen molar-refractivity contribution < 1.29 is 4.92 Å². The highest BCUT2D eigenvalue weighted by atomic mass is 16.6. The van der Waals surface area contributed by atoms with Gasteiger partial charge in [-0.25, -0.2) is 0 Å². The van der Waals surface area contributed by atoms with Crippen LogP contribution in [-0.4, -0.2) is 15.9 Å². The van der Waals surface area contributed by atoms with Crippen molar-refractivity contribution in [2.75, 3.05) is 0 Å². The second-order valence-electron chi connectivity index (χ2n) is 4.74. The molecule has 5 heteroatoms. The Bertz CT molecular complexity index is 408. The minimum absolute atomic E-state index is 0.0617. The largest absolute Gasteiger partial charge is 0.327 e. The molecule has 0 aliphatic rings. The number of aromatic nitrogens is 1. The number of nitro groups is 1. The average Bonchev–Trinajstić information content (AvgIpc) is 2.15. The van der Waals surface area contributed by atoms with Crippen LogP contribution in [0.25, 0.3) is 0 Å². The molecule has 0 amide bonds. The van der Waals surface area contributed by atoms with Gasteiger partial charge in [-0.2, -0.15) is 0 Å². The van der Waals surface area contributed by atoms with Crippen molar-refractivity contribution in [2.24, 2.45) is 11.7 Å². The fraction of sp³-hybridized carbons (Fsp3) is 0.583. The molecular weight excluding hydrogens is 218 g/mol. The highest BCUT2D eigenvalue weighted by Gasteiger charge is 2.29. The third-order valence-electron chi connectivity index (χ3n) is 2.84. The molecule has 0 aliphatic carbocycles. The van der Waals surface area contributed by atoms with Crippen molar-refractivity contribution in [3.05, 3.63) is 33.6 Å². The Hall–Kier alpha value is -1.49. The molecule has 2 atom stereocenters. The summed E-state index contributed by atoms with van der Waals surface area (Å²) >= 11 is 0. The first kappa shape index (κ1) is 13.6. The highest BCUT2D eigenvalue weighted by Crippen LogP contribution is 2.32. The van der Waals surface area contributed by atoms with Crippen LogP contribution in [0, 0.1) is 23.0 Å². The van der Waals surface area contributed by atoms with Crippen LogP contribution >= 0.6 is 0 Å². The van der Waals surface area contributed by atoms with Gasteiger partial charge in [-0.1, -0.05) is 13.8 Å². The average molecular weight is 237 g/mol. The Balaban J connectivity index is 3.34. The van der Waals surface area contributed by atoms with Crippen molar-refractivity contribution in [3.63, 3.8) is 0 Å². The Morgan fingerprint density at radius 2 is 1.94 bits per heavy atom. The maximum absolute atomic E-state index is 11.0. The number of aryl methyl sites for hydroxylation is 1. The van der Waals surface area contributed by atoms with Gasteiger partial charge in [0, 0.05) is 23.7 Å². The van der Waals surface area contributed by atoms with Crippen LogP contribution in [-0.2, 0) is 0 Å². The lowest BCUT2D eigenvalue weighted by Gasteiger charge is -2.24. The van der Waals surface area contributed by atoms with Gasteiger partial charge in [-0.15, -0.1) is 0 Å². The summed E-state index contributed by atoms with van der Waals surface area (Å²) in [4.78, 5) is 14.9. The van der Waals surface area contributed by atoms with E-state index >= 15 is 0 Å². The van der Waals surface area contributed by atoms with E-state index in [0.29, 0.717) is 5.69 Å². The summed E-state index contributed by atoms with van der Waals surface area (Å²) in [5.74, 6) is 0.110. The number of nitrogens with two attached hydrogens (primary N) is 1. The van der Waals surface area contributed by atoms with Crippen LogP contribution in [0.2, 0.25) is 0 Å². The molecule has 2 unspecified atom stereocenters. The molecule has 0 aromatic carbocycles. The molecule has 94 valence electrons. The Morgan fingerprint density at radius 1 is 1.35 bits per heavy atom. The molecule has 0 bridgehead atoms. The van der Waals surface area contributed by atoms with E-state index in [0.717, 1.165) is 5.69 Å². The number of hydrogen-bond donors (Lipinski definition) is 1. The summed E-state index contributed by atoms with van der Waals surface area (Å²) in [5, 5.41) is 11.0. The van der Waals surface area contributed by atoms with Gasteiger partial charge in [-0.05, 0) is 25.8 Å². The van der Waals surface area contributed by atoms with Crippen LogP contribution in [0.5, 0.6) is 0 Å². The van der Waals surface area contributed by atoms with Crippen molar-refractivity contribution in [1.29, 1.82) is 0 Å². The van der Waals surface area contributed by atoms with Crippen molar-refractivity contribution in [3.8, 4) is 0 Å². The molecule has 2 N–H and O–H groups in total. The second kappa shape index (κ2) is 5.23. The van der Waals surface area contributed by atoms with Gasteiger partial charge in [0.05, 0.1) is 4.92 Å². The smallest absolute Gasteiger partial charge is 0.291 e. The van der Waals surface area contributed by atoms with E-state index in [1.165, 1.54) is 6.07 Å². The van der Waals surface area contributed by atoms with Gasteiger partial charge in [0.15, 0.2) is 0 Å². The lowest BCUT2D eigenvalue weighted by Crippen LogP contribution is -2.30. The topological polar surface area (TPSA) is 82.0 Å². The van der Waals surface area contributed by atoms with Crippen molar-refractivity contribution in [2.45, 2.75) is 39.7 Å². The lowest BCUT2D eigenvalue weighted by atomic mass is 9.85. The number of rotatable bonds is 4. The number of nitrogens with zero attached hydrogens (tertiary/aromatic N) is 2. The molecule has 0 spiro atoms. The summed E-state index contributed by atoms with van der Waals surface area (Å²) in [6.07, 6.45) is 0. The summed E-state index contributed by atoms with van der Waals surface area (Å²) < 4.78 is 0. The fourth-order valence-electron chi connectivity index (χ4n) is 2.14. The summed E-state index contributed by atoms with van der Waals surface area (Å²) in [7, 11) is 0. The first-order valence-corrected chi connectivity index (χ1v) is 5.72. The van der Waals surface area contributed by atoms with Crippen LogP contribution in [0.1, 0.15) is 38.1 Å². The zero-order valence-electron chi connectivity index (χ0n) is 10.7. The van der Waals surface area contributed by atoms with Crippen LogP contribution in [0.3, 0.4) is 0 Å². The quantitative estimate of drug-likeness (QED) is 0.643. The molecule has 0 fully saturated rings. The van der Waals surface area contributed by atoms with Gasteiger partial charge in [-0.3, -0.25) is 15.1 Å². The van der Waals surface area contributed by atoms with E-state index < -0.39 is 0 Å². The SMILES string of the molecule is Cc1ccc([N+](=O)[O-])c(C(C(C)C)C(C)N)n1. The van der Waals surface area contributed by atoms with Crippen LogP contribution in [0.4, 0.5) is 5.69 Å². The van der Waals surface area contributed by atoms with Crippen LogP contribution in [0.15, 0.2) is 12.1 Å². The van der Waals surface area contributed by atoms with E-state index in [9.17, 15) is 10.1 Å². The van der Waals surface area contributed by atoms with E-state index in [1.54, 1.807) is 6.07 Å². The summed E-state index contributed by atoms with van der Waals surface area (Å²) in [5.41, 5.74) is 7.26. The molecule has 0 saturated heterocycles. The van der Waals surface area contributed by atoms with Gasteiger partial charge in [0.2, 0.25) is 0 Å². The van der Waals surface area contributed by atoms with Crippen molar-refractivity contribution in [1.82, 2.24) is 4.98 Å². The molecule has 0 saturated carbocycles. The van der Waals surface area contributed by atoms with E-state index in [-0.39, 0.29) is 28.5 Å². The Labute approximate surface area is 101 Å². The predicted octanol–water partition coefficient (Wildman–Crippen LogP) is 2.39. The Morgan fingerprint density at radius 3 is 2.35 bits per heavy atom. The predicted molar refractivity (Wildman–Crippen MR) is 66.9 cm³/mol. The minimum Gasteiger partial charge on any atom is -0.327 e. The van der Waals surface area contributed by atoms with Gasteiger partial charge in [0.1, 0.15) is 5.69 Å². The summed E-state index contributed by atoms with van der Waals surface area (Å²) in [6, 6.07) is 3.00. The maximum atomic E-state index is 11.0. The molecule has 17 heavy (non-hydrogen) atoms. The zero-order valence-corrected chi connectivity index (χ0v) is 10.7. The fourth-order valence-corrected chi connectivity index (χ4v) is 2.14. The Kier molecular flexibility index (Phi) is 4.17. The molecule has 5 nitrogen and oxygen atoms in total. The van der Waals surface area contributed by atoms with Gasteiger partial charge < -0.3 is 5.73 Å². The van der Waals surface area contributed by atoms with E-state index in [4.69, 9.17) is 5.73 Å². The zero-order chi connectivity index (χ0) is 13.2. The highest BCUT2D eigenvalue weighted by molar-refractivity contribution is 5.39. The molecule has 0 radical (unpaired) electrons. The molecule has 0 aliphatic heterocycles. The van der Waals surface area contributed by atoms with Crippen LogP contribution < -0.4 is 5.73 Å². The molecule has 1 aromatic heterocycles. The summed E-state index contributed by atoms with van der Waals surface area (Å²) in [6.45, 7) is 7.69. The van der Waals surface area contributed by atoms with Gasteiger partial charge in [0.25, 0.3) is 5.69 Å². The molecule has 1 aromatic rings. The third-order valence-corrected chi connectivity index (χ3v) is 2.84. The van der Waals surface area contributed by atoms with Gasteiger partial charge >= 0.3 is 0 Å². The van der Waals surface area contributed by atoms with E-state index in [2.05, 4.69) is 4.98 Å². The lowest BCUT2D eigenvalue weighted by molar-refractivity contribution is -0.386. The molecule has 1 heterocycles. The third kappa shape index (κ3) is 3.00. The maximum Gasteiger partial charge on any atom is 0.291 e.